The Morgan fingerprint density at radius 3 is 3.00 bits per heavy atom. The SMILES string of the molecule is C=C(C)CCC(Cn1cnc2ccccc21)NN. The van der Waals surface area contributed by atoms with E-state index >= 15 is 0 Å². The summed E-state index contributed by atoms with van der Waals surface area (Å²) >= 11 is 0. The first-order valence-electron chi connectivity index (χ1n) is 6.21. The highest BCUT2D eigenvalue weighted by atomic mass is 15.2. The minimum atomic E-state index is 0.235. The first kappa shape index (κ1) is 12.8. The minimum Gasteiger partial charge on any atom is -0.329 e. The maximum absolute atomic E-state index is 5.61. The molecule has 0 spiro atoms. The molecule has 0 amide bonds. The number of nitrogens with one attached hydrogen (secondary N) is 1. The highest BCUT2D eigenvalue weighted by Gasteiger charge is 2.09. The molecule has 0 saturated heterocycles. The van der Waals surface area contributed by atoms with Crippen LogP contribution in [0.2, 0.25) is 0 Å². The lowest BCUT2D eigenvalue weighted by Crippen LogP contribution is -2.38. The summed E-state index contributed by atoms with van der Waals surface area (Å²) in [6.07, 6.45) is 3.84. The van der Waals surface area contributed by atoms with Crippen LogP contribution in [0.3, 0.4) is 0 Å². The number of fused-ring (bicyclic) bond motifs is 1. The molecule has 1 aromatic carbocycles. The van der Waals surface area contributed by atoms with E-state index in [-0.39, 0.29) is 6.04 Å². The lowest BCUT2D eigenvalue weighted by molar-refractivity contribution is 0.437. The number of benzene rings is 1. The van der Waals surface area contributed by atoms with E-state index in [1.54, 1.807) is 0 Å². The topological polar surface area (TPSA) is 55.9 Å². The van der Waals surface area contributed by atoms with Gasteiger partial charge in [0, 0.05) is 12.6 Å². The number of hydrazine groups is 1. The van der Waals surface area contributed by atoms with E-state index < -0.39 is 0 Å². The third-order valence-corrected chi connectivity index (χ3v) is 3.10. The first-order chi connectivity index (χ1) is 8.70. The molecule has 3 N–H and O–H groups in total. The molecule has 0 radical (unpaired) electrons. The largest absolute Gasteiger partial charge is 0.329 e. The number of hydrogen-bond acceptors (Lipinski definition) is 3. The molecule has 4 nitrogen and oxygen atoms in total. The standard InChI is InChI=1S/C14H20N4/c1-11(2)7-8-12(17-15)9-18-10-16-13-5-3-4-6-14(13)18/h3-6,10,12,17H,1,7-9,15H2,2H3. The third kappa shape index (κ3) is 2.97. The fourth-order valence-corrected chi connectivity index (χ4v) is 2.04. The zero-order valence-corrected chi connectivity index (χ0v) is 10.8. The summed E-state index contributed by atoms with van der Waals surface area (Å²) in [5.74, 6) is 5.61. The molecule has 0 aliphatic rings. The molecule has 1 unspecified atom stereocenters. The van der Waals surface area contributed by atoms with Gasteiger partial charge in [-0.05, 0) is 31.9 Å². The lowest BCUT2D eigenvalue weighted by atomic mass is 10.1. The van der Waals surface area contributed by atoms with Crippen molar-refractivity contribution in [2.75, 3.05) is 0 Å². The van der Waals surface area contributed by atoms with E-state index in [1.165, 1.54) is 5.57 Å². The summed E-state index contributed by atoms with van der Waals surface area (Å²) in [6.45, 7) is 6.79. The van der Waals surface area contributed by atoms with Crippen LogP contribution < -0.4 is 11.3 Å². The van der Waals surface area contributed by atoms with Crippen molar-refractivity contribution >= 4 is 11.0 Å². The van der Waals surface area contributed by atoms with Gasteiger partial charge in [0.2, 0.25) is 0 Å². The van der Waals surface area contributed by atoms with Crippen molar-refractivity contribution in [1.82, 2.24) is 15.0 Å². The van der Waals surface area contributed by atoms with Gasteiger partial charge in [0.15, 0.2) is 0 Å². The van der Waals surface area contributed by atoms with Gasteiger partial charge < -0.3 is 4.57 Å². The predicted octanol–water partition coefficient (Wildman–Crippen LogP) is 2.22. The van der Waals surface area contributed by atoms with Crippen molar-refractivity contribution in [2.24, 2.45) is 5.84 Å². The number of hydrogen-bond donors (Lipinski definition) is 2. The molecule has 1 atom stereocenters. The Bertz CT molecular complexity index is 529. The molecule has 1 aromatic heterocycles. The Morgan fingerprint density at radius 1 is 1.50 bits per heavy atom. The van der Waals surface area contributed by atoms with Crippen LogP contribution in [0.25, 0.3) is 11.0 Å². The van der Waals surface area contributed by atoms with Crippen LogP contribution in [-0.2, 0) is 6.54 Å². The molecule has 0 aliphatic heterocycles. The Morgan fingerprint density at radius 2 is 2.28 bits per heavy atom. The van der Waals surface area contributed by atoms with Gasteiger partial charge in [0.25, 0.3) is 0 Å². The molecule has 18 heavy (non-hydrogen) atoms. The van der Waals surface area contributed by atoms with Gasteiger partial charge in [-0.15, -0.1) is 6.58 Å². The van der Waals surface area contributed by atoms with Crippen LogP contribution in [0.4, 0.5) is 0 Å². The zero-order chi connectivity index (χ0) is 13.0. The quantitative estimate of drug-likeness (QED) is 0.465. The van der Waals surface area contributed by atoms with Crippen LogP contribution in [0, 0.1) is 0 Å². The minimum absolute atomic E-state index is 0.235. The van der Waals surface area contributed by atoms with Crippen LogP contribution >= 0.6 is 0 Å². The summed E-state index contributed by atoms with van der Waals surface area (Å²) in [6, 6.07) is 8.36. The van der Waals surface area contributed by atoms with E-state index in [9.17, 15) is 0 Å². The summed E-state index contributed by atoms with van der Waals surface area (Å²) in [5, 5.41) is 0. The van der Waals surface area contributed by atoms with Gasteiger partial charge in [0.05, 0.1) is 17.4 Å². The van der Waals surface area contributed by atoms with Crippen molar-refractivity contribution in [3.8, 4) is 0 Å². The van der Waals surface area contributed by atoms with E-state index in [4.69, 9.17) is 5.84 Å². The third-order valence-electron chi connectivity index (χ3n) is 3.10. The lowest BCUT2D eigenvalue weighted by Gasteiger charge is -2.16. The summed E-state index contributed by atoms with van der Waals surface area (Å²) in [7, 11) is 0. The van der Waals surface area contributed by atoms with Crippen LogP contribution in [0.5, 0.6) is 0 Å². The molecule has 0 aliphatic carbocycles. The fraction of sp³-hybridized carbons (Fsp3) is 0.357. The van der Waals surface area contributed by atoms with Crippen molar-refractivity contribution < 1.29 is 0 Å². The van der Waals surface area contributed by atoms with E-state index in [1.807, 2.05) is 31.5 Å². The number of aromatic nitrogens is 2. The zero-order valence-electron chi connectivity index (χ0n) is 10.8. The van der Waals surface area contributed by atoms with Crippen molar-refractivity contribution in [3.05, 3.63) is 42.7 Å². The Kier molecular flexibility index (Phi) is 4.12. The van der Waals surface area contributed by atoms with Gasteiger partial charge >= 0.3 is 0 Å². The fourth-order valence-electron chi connectivity index (χ4n) is 2.04. The Balaban J connectivity index is 2.09. The maximum Gasteiger partial charge on any atom is 0.0958 e. The van der Waals surface area contributed by atoms with Gasteiger partial charge in [-0.2, -0.15) is 0 Å². The summed E-state index contributed by atoms with van der Waals surface area (Å²) in [5.41, 5.74) is 6.22. The van der Waals surface area contributed by atoms with Gasteiger partial charge in [-0.25, -0.2) is 4.98 Å². The second-order valence-electron chi connectivity index (χ2n) is 4.75. The number of para-hydroxylation sites is 2. The maximum atomic E-state index is 5.61. The molecule has 0 fully saturated rings. The highest BCUT2D eigenvalue weighted by molar-refractivity contribution is 5.74. The predicted molar refractivity (Wildman–Crippen MR) is 74.9 cm³/mol. The van der Waals surface area contributed by atoms with Crippen molar-refractivity contribution in [2.45, 2.75) is 32.4 Å². The average molecular weight is 244 g/mol. The molecular formula is C14H20N4. The molecule has 2 rings (SSSR count). The number of nitrogens with two attached hydrogens (primary N) is 1. The molecule has 0 bridgehead atoms. The van der Waals surface area contributed by atoms with Crippen LogP contribution in [0.1, 0.15) is 19.8 Å². The normalized spacial score (nSPS) is 12.8. The average Bonchev–Trinajstić information content (AvgIpc) is 2.77. The summed E-state index contributed by atoms with van der Waals surface area (Å²) < 4.78 is 2.14. The number of nitrogens with zero attached hydrogens (tertiary/aromatic N) is 2. The molecule has 1 heterocycles. The second kappa shape index (κ2) is 5.80. The van der Waals surface area contributed by atoms with Crippen LogP contribution in [0.15, 0.2) is 42.7 Å². The van der Waals surface area contributed by atoms with Gasteiger partial charge in [0.1, 0.15) is 0 Å². The van der Waals surface area contributed by atoms with E-state index in [0.29, 0.717) is 0 Å². The molecule has 4 heteroatoms. The van der Waals surface area contributed by atoms with Crippen molar-refractivity contribution in [3.63, 3.8) is 0 Å². The second-order valence-corrected chi connectivity index (χ2v) is 4.75. The van der Waals surface area contributed by atoms with E-state index in [2.05, 4.69) is 27.6 Å². The first-order valence-corrected chi connectivity index (χ1v) is 6.21. The highest BCUT2D eigenvalue weighted by Crippen LogP contribution is 2.14. The molecular weight excluding hydrogens is 224 g/mol. The van der Waals surface area contributed by atoms with Gasteiger partial charge in [-0.1, -0.05) is 17.7 Å². The monoisotopic (exact) mass is 244 g/mol. The smallest absolute Gasteiger partial charge is 0.0958 e. The van der Waals surface area contributed by atoms with Crippen molar-refractivity contribution in [1.29, 1.82) is 0 Å². The van der Waals surface area contributed by atoms with Gasteiger partial charge in [-0.3, -0.25) is 11.3 Å². The molecule has 2 aromatic rings. The molecule has 0 saturated carbocycles. The molecule has 96 valence electrons. The Hall–Kier alpha value is -1.65. The number of allylic oxidation sites excluding steroid dienone is 1. The van der Waals surface area contributed by atoms with Crippen LogP contribution in [-0.4, -0.2) is 15.6 Å². The summed E-state index contributed by atoms with van der Waals surface area (Å²) in [4.78, 5) is 4.38. The Labute approximate surface area is 107 Å². The number of imidazole rings is 1. The number of rotatable bonds is 6. The van der Waals surface area contributed by atoms with E-state index in [0.717, 1.165) is 30.4 Å².